The molecule has 5 heteroatoms. The van der Waals surface area contributed by atoms with E-state index in [4.69, 9.17) is 5.73 Å². The third-order valence-electron chi connectivity index (χ3n) is 1.63. The highest BCUT2D eigenvalue weighted by molar-refractivity contribution is 7.98. The van der Waals surface area contributed by atoms with Crippen LogP contribution >= 0.6 is 11.8 Å². The van der Waals surface area contributed by atoms with Crippen molar-refractivity contribution in [3.8, 4) is 0 Å². The molecule has 1 amide bonds. The van der Waals surface area contributed by atoms with E-state index in [1.807, 2.05) is 6.26 Å². The summed E-state index contributed by atoms with van der Waals surface area (Å²) >= 11 is 1.55. The molecule has 4 N–H and O–H groups in total. The van der Waals surface area contributed by atoms with Crippen LogP contribution in [0.2, 0.25) is 0 Å². The van der Waals surface area contributed by atoms with E-state index in [1.54, 1.807) is 25.6 Å². The predicted octanol–water partition coefficient (Wildman–Crippen LogP) is -0.0461. The van der Waals surface area contributed by atoms with E-state index in [1.165, 1.54) is 0 Å². The fraction of sp³-hybridized carbons (Fsp3) is 0.889. The number of nitrogens with one attached hydrogen (secondary N) is 1. The first-order valence-corrected chi connectivity index (χ1v) is 6.00. The Morgan fingerprint density at radius 1 is 1.71 bits per heavy atom. The molecular weight excluding hydrogens is 200 g/mol. The second kappa shape index (κ2) is 6.27. The second-order valence-corrected chi connectivity index (χ2v) is 4.75. The number of aliphatic hydroxyl groups is 1. The monoisotopic (exact) mass is 220 g/mol. The number of hydrogen-bond acceptors (Lipinski definition) is 4. The molecule has 0 fully saturated rings. The van der Waals surface area contributed by atoms with Crippen molar-refractivity contribution in [1.29, 1.82) is 0 Å². The first-order chi connectivity index (χ1) is 6.37. The normalized spacial score (nSPS) is 17.2. The molecule has 0 aliphatic carbocycles. The van der Waals surface area contributed by atoms with E-state index in [-0.39, 0.29) is 18.5 Å². The first-order valence-electron chi connectivity index (χ1n) is 4.61. The van der Waals surface area contributed by atoms with Crippen LogP contribution in [0.3, 0.4) is 0 Å². The number of hydrogen-bond donors (Lipinski definition) is 3. The number of amides is 1. The van der Waals surface area contributed by atoms with Crippen LogP contribution in [0.15, 0.2) is 0 Å². The molecule has 2 unspecified atom stereocenters. The predicted molar refractivity (Wildman–Crippen MR) is 60.3 cm³/mol. The van der Waals surface area contributed by atoms with Crippen LogP contribution in [0.4, 0.5) is 0 Å². The van der Waals surface area contributed by atoms with Gasteiger partial charge in [0.25, 0.3) is 0 Å². The van der Waals surface area contributed by atoms with Crippen LogP contribution in [0.25, 0.3) is 0 Å². The summed E-state index contributed by atoms with van der Waals surface area (Å²) in [6.45, 7) is 3.76. The van der Waals surface area contributed by atoms with Crippen LogP contribution in [-0.2, 0) is 4.79 Å². The molecular formula is C9H20N2O2S. The molecule has 0 saturated carbocycles. The molecule has 0 bridgehead atoms. The topological polar surface area (TPSA) is 75.3 Å². The molecule has 0 aromatic carbocycles. The van der Waals surface area contributed by atoms with Crippen molar-refractivity contribution in [2.24, 2.45) is 5.73 Å². The summed E-state index contributed by atoms with van der Waals surface area (Å²) in [5.41, 5.74) is 4.62. The maximum absolute atomic E-state index is 11.2. The van der Waals surface area contributed by atoms with Crippen molar-refractivity contribution < 1.29 is 9.90 Å². The van der Waals surface area contributed by atoms with E-state index in [9.17, 15) is 9.90 Å². The fourth-order valence-electron chi connectivity index (χ4n) is 1.02. The molecule has 4 nitrogen and oxygen atoms in total. The van der Waals surface area contributed by atoms with Gasteiger partial charge in [-0.1, -0.05) is 0 Å². The summed E-state index contributed by atoms with van der Waals surface area (Å²) < 4.78 is 0. The van der Waals surface area contributed by atoms with Crippen molar-refractivity contribution in [3.05, 3.63) is 0 Å². The third-order valence-corrected chi connectivity index (χ3v) is 2.54. The number of nitrogens with two attached hydrogens (primary N) is 1. The fourth-order valence-corrected chi connectivity index (χ4v) is 1.74. The minimum absolute atomic E-state index is 0.110. The molecule has 0 heterocycles. The lowest BCUT2D eigenvalue weighted by Gasteiger charge is -2.22. The van der Waals surface area contributed by atoms with Gasteiger partial charge in [0.1, 0.15) is 0 Å². The summed E-state index contributed by atoms with van der Waals surface area (Å²) in [6.07, 6.45) is 2.22. The van der Waals surface area contributed by atoms with E-state index in [0.29, 0.717) is 12.2 Å². The van der Waals surface area contributed by atoms with Gasteiger partial charge < -0.3 is 16.2 Å². The summed E-state index contributed by atoms with van der Waals surface area (Å²) in [5, 5.41) is 12.4. The van der Waals surface area contributed by atoms with Crippen molar-refractivity contribution in [1.82, 2.24) is 5.32 Å². The van der Waals surface area contributed by atoms with Crippen molar-refractivity contribution >= 4 is 17.7 Å². The molecule has 0 aromatic heterocycles. The van der Waals surface area contributed by atoms with Crippen molar-refractivity contribution in [2.45, 2.75) is 31.9 Å². The molecule has 0 aliphatic rings. The lowest BCUT2D eigenvalue weighted by Crippen LogP contribution is -2.43. The van der Waals surface area contributed by atoms with Gasteiger partial charge in [-0.15, -0.1) is 0 Å². The molecule has 84 valence electrons. The van der Waals surface area contributed by atoms with Crippen molar-refractivity contribution in [3.63, 3.8) is 0 Å². The number of carbonyl (C=O) groups excluding carboxylic acids is 1. The molecule has 0 saturated heterocycles. The van der Waals surface area contributed by atoms with E-state index in [2.05, 4.69) is 5.32 Å². The Balaban J connectivity index is 3.75. The zero-order valence-electron chi connectivity index (χ0n) is 9.04. The van der Waals surface area contributed by atoms with Gasteiger partial charge in [-0.25, -0.2) is 0 Å². The Bertz CT molecular complexity index is 184. The highest BCUT2D eigenvalue weighted by Crippen LogP contribution is 2.08. The Kier molecular flexibility index (Phi) is 6.15. The largest absolute Gasteiger partial charge is 0.387 e. The minimum atomic E-state index is -0.840. The van der Waals surface area contributed by atoms with Gasteiger partial charge in [0, 0.05) is 24.8 Å². The number of rotatable bonds is 6. The lowest BCUT2D eigenvalue weighted by molar-refractivity contribution is -0.122. The first kappa shape index (κ1) is 13.7. The van der Waals surface area contributed by atoms with E-state index < -0.39 is 5.60 Å². The summed E-state index contributed by atoms with van der Waals surface area (Å²) in [4.78, 5) is 11.2. The van der Waals surface area contributed by atoms with Crippen LogP contribution < -0.4 is 11.1 Å². The SMILES string of the molecule is CSCC(C)(O)CNC(=O)CC(C)N. The maximum atomic E-state index is 11.2. The summed E-state index contributed by atoms with van der Waals surface area (Å²) in [7, 11) is 0. The third kappa shape index (κ3) is 7.17. The zero-order chi connectivity index (χ0) is 11.2. The van der Waals surface area contributed by atoms with Gasteiger partial charge in [-0.3, -0.25) is 4.79 Å². The average molecular weight is 220 g/mol. The Morgan fingerprint density at radius 2 is 2.29 bits per heavy atom. The van der Waals surface area contributed by atoms with Crippen LogP contribution in [0.1, 0.15) is 20.3 Å². The van der Waals surface area contributed by atoms with Gasteiger partial charge in [-0.2, -0.15) is 11.8 Å². The van der Waals surface area contributed by atoms with Crippen LogP contribution in [0, 0.1) is 0 Å². The second-order valence-electron chi connectivity index (χ2n) is 3.89. The average Bonchev–Trinajstić information content (AvgIpc) is 2.00. The zero-order valence-corrected chi connectivity index (χ0v) is 9.86. The Morgan fingerprint density at radius 3 is 2.71 bits per heavy atom. The van der Waals surface area contributed by atoms with Gasteiger partial charge in [-0.05, 0) is 20.1 Å². The molecule has 14 heavy (non-hydrogen) atoms. The highest BCUT2D eigenvalue weighted by atomic mass is 32.2. The maximum Gasteiger partial charge on any atom is 0.221 e. The van der Waals surface area contributed by atoms with Gasteiger partial charge in [0.05, 0.1) is 5.60 Å². The molecule has 0 spiro atoms. The lowest BCUT2D eigenvalue weighted by atomic mass is 10.1. The van der Waals surface area contributed by atoms with Gasteiger partial charge >= 0.3 is 0 Å². The van der Waals surface area contributed by atoms with Gasteiger partial charge in [0.2, 0.25) is 5.91 Å². The summed E-state index contributed by atoms with van der Waals surface area (Å²) in [5.74, 6) is 0.493. The molecule has 0 aromatic rings. The highest BCUT2D eigenvalue weighted by Gasteiger charge is 2.20. The van der Waals surface area contributed by atoms with Gasteiger partial charge in [0.15, 0.2) is 0 Å². The molecule has 0 radical (unpaired) electrons. The Labute approximate surface area is 89.6 Å². The van der Waals surface area contributed by atoms with E-state index in [0.717, 1.165) is 0 Å². The van der Waals surface area contributed by atoms with Crippen molar-refractivity contribution in [2.75, 3.05) is 18.6 Å². The minimum Gasteiger partial charge on any atom is -0.387 e. The summed E-state index contributed by atoms with van der Waals surface area (Å²) in [6, 6.07) is -0.138. The molecule has 0 rings (SSSR count). The Hall–Kier alpha value is -0.260. The molecule has 2 atom stereocenters. The number of thioether (sulfide) groups is 1. The quantitative estimate of drug-likeness (QED) is 0.587. The van der Waals surface area contributed by atoms with Crippen LogP contribution in [0.5, 0.6) is 0 Å². The smallest absolute Gasteiger partial charge is 0.221 e. The molecule has 0 aliphatic heterocycles. The number of carbonyl (C=O) groups is 1. The standard InChI is InChI=1S/C9H20N2O2S/c1-7(10)4-8(12)11-5-9(2,13)6-14-3/h7,13H,4-6,10H2,1-3H3,(H,11,12). The van der Waals surface area contributed by atoms with Crippen LogP contribution in [-0.4, -0.2) is 41.2 Å². The van der Waals surface area contributed by atoms with E-state index >= 15 is 0 Å².